The van der Waals surface area contributed by atoms with Crippen molar-refractivity contribution in [3.8, 4) is 11.5 Å². The Hall–Kier alpha value is -4.04. The number of likely N-dealkylation sites (tertiary alicyclic amines) is 1. The highest BCUT2D eigenvalue weighted by atomic mass is 19.1. The monoisotopic (exact) mass is 568 g/mol. The van der Waals surface area contributed by atoms with Gasteiger partial charge in [-0.3, -0.25) is 4.79 Å². The van der Waals surface area contributed by atoms with Gasteiger partial charge in [0.25, 0.3) is 0 Å². The number of halogens is 1. The summed E-state index contributed by atoms with van der Waals surface area (Å²) in [6, 6.07) is 16.9. The number of fused-ring (bicyclic) bond motifs is 2. The molecule has 1 fully saturated rings. The molecule has 0 saturated carbocycles. The van der Waals surface area contributed by atoms with E-state index in [0.29, 0.717) is 58.6 Å². The lowest BCUT2D eigenvalue weighted by Crippen LogP contribution is -2.32. The van der Waals surface area contributed by atoms with Crippen LogP contribution in [0.2, 0.25) is 0 Å². The summed E-state index contributed by atoms with van der Waals surface area (Å²) in [5.41, 5.74) is 4.28. The number of carbonyl (C=O) groups excluding carboxylic acids is 1. The quantitative estimate of drug-likeness (QED) is 0.246. The molecule has 1 saturated heterocycles. The standard InChI is InChI=1S/C34H37FN4O3/c1-39-11-9-22(10-12-39)20-42-33-19-31-28(18-32(33)41-2)34(37-21-36-31)38-30-8-7-23(17-29(30)35)15-27(40)16-24-13-25-5-3-4-6-26(25)14-24/h3-8,17-19,21-22,24H,9-16,20H2,1-2H3,(H,36,37,38). The number of rotatable bonds is 10. The van der Waals surface area contributed by atoms with Gasteiger partial charge in [0.1, 0.15) is 23.7 Å². The zero-order chi connectivity index (χ0) is 29.1. The number of hydrogen-bond acceptors (Lipinski definition) is 7. The lowest BCUT2D eigenvalue weighted by atomic mass is 9.96. The maximum absolute atomic E-state index is 15.2. The molecule has 8 heteroatoms. The van der Waals surface area contributed by atoms with Crippen LogP contribution in [-0.4, -0.2) is 54.5 Å². The van der Waals surface area contributed by atoms with Gasteiger partial charge in [0, 0.05) is 24.3 Å². The van der Waals surface area contributed by atoms with Gasteiger partial charge in [0.05, 0.1) is 24.9 Å². The predicted octanol–water partition coefficient (Wildman–Crippen LogP) is 6.16. The van der Waals surface area contributed by atoms with Crippen LogP contribution < -0.4 is 14.8 Å². The molecule has 1 aromatic heterocycles. The minimum absolute atomic E-state index is 0.135. The first kappa shape index (κ1) is 28.1. The van der Waals surface area contributed by atoms with Gasteiger partial charge in [-0.15, -0.1) is 0 Å². The Morgan fingerprint density at radius 3 is 2.48 bits per heavy atom. The van der Waals surface area contributed by atoms with Crippen molar-refractivity contribution in [1.29, 1.82) is 0 Å². The number of aromatic nitrogens is 2. The average Bonchev–Trinajstić information content (AvgIpc) is 3.40. The van der Waals surface area contributed by atoms with E-state index in [4.69, 9.17) is 9.47 Å². The molecule has 4 aromatic rings. The third kappa shape index (κ3) is 6.39. The van der Waals surface area contributed by atoms with Crippen molar-refractivity contribution in [1.82, 2.24) is 14.9 Å². The lowest BCUT2D eigenvalue weighted by Gasteiger charge is -2.28. The van der Waals surface area contributed by atoms with Gasteiger partial charge in [-0.05, 0) is 92.5 Å². The second-order valence-electron chi connectivity index (χ2n) is 11.7. The molecular formula is C34H37FN4O3. The zero-order valence-electron chi connectivity index (χ0n) is 24.2. The molecular weight excluding hydrogens is 531 g/mol. The zero-order valence-corrected chi connectivity index (χ0v) is 24.2. The van der Waals surface area contributed by atoms with Gasteiger partial charge in [0.2, 0.25) is 0 Å². The van der Waals surface area contributed by atoms with Crippen molar-refractivity contribution in [3.63, 3.8) is 0 Å². The summed E-state index contributed by atoms with van der Waals surface area (Å²) in [7, 11) is 3.75. The van der Waals surface area contributed by atoms with Crippen molar-refractivity contribution < 1.29 is 18.7 Å². The summed E-state index contributed by atoms with van der Waals surface area (Å²) in [6.07, 6.45) is 6.26. The van der Waals surface area contributed by atoms with E-state index in [2.05, 4.69) is 39.4 Å². The first-order chi connectivity index (χ1) is 20.4. The van der Waals surface area contributed by atoms with Gasteiger partial charge >= 0.3 is 0 Å². The van der Waals surface area contributed by atoms with Gasteiger partial charge in [-0.25, -0.2) is 14.4 Å². The SMILES string of the molecule is COc1cc2c(Nc3ccc(CC(=O)CC4Cc5ccccc5C4)cc3F)ncnc2cc1OCC1CCN(C)CC1. The maximum atomic E-state index is 15.2. The van der Waals surface area contributed by atoms with Crippen LogP contribution in [0.1, 0.15) is 36.0 Å². The van der Waals surface area contributed by atoms with E-state index >= 15 is 4.39 Å². The summed E-state index contributed by atoms with van der Waals surface area (Å²) < 4.78 is 27.0. The molecule has 0 spiro atoms. The lowest BCUT2D eigenvalue weighted by molar-refractivity contribution is -0.119. The molecule has 0 bridgehead atoms. The van der Waals surface area contributed by atoms with Crippen LogP contribution in [0.4, 0.5) is 15.9 Å². The molecule has 6 rings (SSSR count). The molecule has 1 aliphatic carbocycles. The van der Waals surface area contributed by atoms with Gasteiger partial charge in [-0.1, -0.05) is 30.3 Å². The molecule has 0 radical (unpaired) electrons. The Morgan fingerprint density at radius 1 is 1.00 bits per heavy atom. The number of benzene rings is 3. The Kier molecular flexibility index (Phi) is 8.33. The molecule has 7 nitrogen and oxygen atoms in total. The summed E-state index contributed by atoms with van der Waals surface area (Å²) >= 11 is 0. The minimum Gasteiger partial charge on any atom is -0.493 e. The van der Waals surface area contributed by atoms with E-state index in [1.165, 1.54) is 23.5 Å². The Labute approximate surface area is 246 Å². The molecule has 3 aromatic carbocycles. The van der Waals surface area contributed by atoms with E-state index in [0.717, 1.165) is 38.8 Å². The number of ether oxygens (including phenoxy) is 2. The third-order valence-corrected chi connectivity index (χ3v) is 8.57. The molecule has 42 heavy (non-hydrogen) atoms. The highest BCUT2D eigenvalue weighted by molar-refractivity contribution is 5.93. The van der Waals surface area contributed by atoms with Crippen LogP contribution in [-0.2, 0) is 24.1 Å². The predicted molar refractivity (Wildman–Crippen MR) is 162 cm³/mol. The van der Waals surface area contributed by atoms with E-state index in [9.17, 15) is 4.79 Å². The van der Waals surface area contributed by atoms with Crippen LogP contribution in [0.15, 0.2) is 60.9 Å². The van der Waals surface area contributed by atoms with Gasteiger partial charge < -0.3 is 19.7 Å². The van der Waals surface area contributed by atoms with Crippen molar-refractivity contribution in [3.05, 3.63) is 83.4 Å². The van der Waals surface area contributed by atoms with Crippen LogP contribution in [0.5, 0.6) is 11.5 Å². The topological polar surface area (TPSA) is 76.6 Å². The summed E-state index contributed by atoms with van der Waals surface area (Å²) in [4.78, 5) is 24.0. The minimum atomic E-state index is -0.439. The van der Waals surface area contributed by atoms with Crippen LogP contribution in [0.25, 0.3) is 10.9 Å². The van der Waals surface area contributed by atoms with Crippen LogP contribution >= 0.6 is 0 Å². The number of methoxy groups -OCH3 is 1. The maximum Gasteiger partial charge on any atom is 0.163 e. The van der Waals surface area contributed by atoms with Gasteiger partial charge in [-0.2, -0.15) is 0 Å². The molecule has 0 unspecified atom stereocenters. The third-order valence-electron chi connectivity index (χ3n) is 8.57. The Bertz CT molecular complexity index is 1560. The highest BCUT2D eigenvalue weighted by Gasteiger charge is 2.24. The van der Waals surface area contributed by atoms with E-state index in [1.54, 1.807) is 19.2 Å². The fourth-order valence-electron chi connectivity index (χ4n) is 6.19. The van der Waals surface area contributed by atoms with Crippen LogP contribution in [0, 0.1) is 17.7 Å². The van der Waals surface area contributed by atoms with E-state index in [1.807, 2.05) is 24.3 Å². The first-order valence-corrected chi connectivity index (χ1v) is 14.7. The second-order valence-corrected chi connectivity index (χ2v) is 11.7. The molecule has 2 aliphatic rings. The van der Waals surface area contributed by atoms with Crippen molar-refractivity contribution in [2.24, 2.45) is 11.8 Å². The second kappa shape index (κ2) is 12.4. The van der Waals surface area contributed by atoms with Crippen molar-refractivity contribution >= 4 is 28.2 Å². The largest absolute Gasteiger partial charge is 0.493 e. The molecule has 0 atom stereocenters. The number of anilines is 2. The molecule has 0 amide bonds. The fraction of sp³-hybridized carbons (Fsp3) is 0.382. The van der Waals surface area contributed by atoms with E-state index in [-0.39, 0.29) is 17.9 Å². The van der Waals surface area contributed by atoms with E-state index < -0.39 is 5.82 Å². The number of hydrogen-bond donors (Lipinski definition) is 1. The van der Waals surface area contributed by atoms with Crippen molar-refractivity contribution in [2.45, 2.75) is 38.5 Å². The molecule has 1 N–H and O–H groups in total. The highest BCUT2D eigenvalue weighted by Crippen LogP contribution is 2.36. The normalized spacial score (nSPS) is 16.0. The average molecular weight is 569 g/mol. The summed E-state index contributed by atoms with van der Waals surface area (Å²) in [6.45, 7) is 2.78. The number of ketones is 1. The molecule has 1 aliphatic heterocycles. The Balaban J connectivity index is 1.11. The first-order valence-electron chi connectivity index (χ1n) is 14.7. The number of piperidine rings is 1. The molecule has 2 heterocycles. The van der Waals surface area contributed by atoms with Gasteiger partial charge in [0.15, 0.2) is 11.5 Å². The fourth-order valence-corrected chi connectivity index (χ4v) is 6.19. The van der Waals surface area contributed by atoms with Crippen molar-refractivity contribution in [2.75, 3.05) is 39.2 Å². The number of nitrogens with one attached hydrogen (secondary N) is 1. The summed E-state index contributed by atoms with van der Waals surface area (Å²) in [5.74, 6) is 2.20. The Morgan fingerprint density at radius 2 is 1.76 bits per heavy atom. The molecule has 218 valence electrons. The smallest absolute Gasteiger partial charge is 0.163 e. The number of nitrogens with zero attached hydrogens (tertiary/aromatic N) is 3. The number of carbonyl (C=O) groups is 1. The number of Topliss-reactive ketones (excluding diaryl/α,β-unsaturated/α-hetero) is 1. The van der Waals surface area contributed by atoms with Crippen LogP contribution in [0.3, 0.4) is 0 Å². The summed E-state index contributed by atoms with van der Waals surface area (Å²) in [5, 5.41) is 3.80.